The lowest BCUT2D eigenvalue weighted by Gasteiger charge is -2.10. The highest BCUT2D eigenvalue weighted by Gasteiger charge is 2.11. The van der Waals surface area contributed by atoms with Crippen LogP contribution in [0.3, 0.4) is 0 Å². The van der Waals surface area contributed by atoms with Crippen molar-refractivity contribution >= 4 is 12.2 Å². The van der Waals surface area contributed by atoms with Gasteiger partial charge < -0.3 is 4.74 Å². The molecule has 1 aromatic heterocycles. The number of aromatic amines is 1. The smallest absolute Gasteiger partial charge is 0.200 e. The Kier molecular flexibility index (Phi) is 3.58. The quantitative estimate of drug-likeness (QED) is 0.745. The molecule has 3 aromatic rings. The van der Waals surface area contributed by atoms with Gasteiger partial charge in [-0.2, -0.15) is 5.10 Å². The number of methoxy groups -OCH3 is 1. The van der Waals surface area contributed by atoms with Gasteiger partial charge in [0.1, 0.15) is 5.75 Å². The fraction of sp³-hybridized carbons (Fsp3) is 0.125. The van der Waals surface area contributed by atoms with Crippen molar-refractivity contribution in [1.82, 2.24) is 14.8 Å². The van der Waals surface area contributed by atoms with Gasteiger partial charge >= 0.3 is 0 Å². The van der Waals surface area contributed by atoms with Gasteiger partial charge in [-0.05, 0) is 42.9 Å². The summed E-state index contributed by atoms with van der Waals surface area (Å²) in [4.78, 5) is 0. The maximum Gasteiger partial charge on any atom is 0.200 e. The second-order valence-corrected chi connectivity index (χ2v) is 5.09. The first-order valence-electron chi connectivity index (χ1n) is 6.58. The Labute approximate surface area is 128 Å². The molecule has 0 amide bonds. The molecule has 106 valence electrons. The maximum absolute atomic E-state index is 5.37. The minimum atomic E-state index is 0.568. The van der Waals surface area contributed by atoms with E-state index in [9.17, 15) is 0 Å². The molecule has 0 saturated heterocycles. The normalized spacial score (nSPS) is 10.6. The van der Waals surface area contributed by atoms with Crippen molar-refractivity contribution in [3.63, 3.8) is 0 Å². The Hall–Kier alpha value is -2.40. The predicted octanol–water partition coefficient (Wildman–Crippen LogP) is 3.91. The lowest BCUT2D eigenvalue weighted by molar-refractivity contribution is 0.411. The highest BCUT2D eigenvalue weighted by Crippen LogP contribution is 2.25. The van der Waals surface area contributed by atoms with Crippen LogP contribution in [-0.4, -0.2) is 21.9 Å². The third kappa shape index (κ3) is 2.48. The van der Waals surface area contributed by atoms with E-state index in [4.69, 9.17) is 17.0 Å². The third-order valence-electron chi connectivity index (χ3n) is 3.34. The SMILES string of the molecule is COc1ccc(-n2c(-c3ccccc3)n[nH]c2=S)cc1C. The van der Waals surface area contributed by atoms with Gasteiger partial charge in [0.2, 0.25) is 0 Å². The first-order valence-corrected chi connectivity index (χ1v) is 6.99. The number of hydrogen-bond donors (Lipinski definition) is 1. The van der Waals surface area contributed by atoms with Crippen molar-refractivity contribution in [3.05, 3.63) is 58.9 Å². The molecular formula is C16H15N3OS. The van der Waals surface area contributed by atoms with Crippen LogP contribution in [0.4, 0.5) is 0 Å². The van der Waals surface area contributed by atoms with Gasteiger partial charge in [-0.25, -0.2) is 0 Å². The van der Waals surface area contributed by atoms with E-state index in [0.29, 0.717) is 4.77 Å². The molecular weight excluding hydrogens is 282 g/mol. The van der Waals surface area contributed by atoms with Gasteiger partial charge in [-0.1, -0.05) is 30.3 Å². The number of rotatable bonds is 3. The van der Waals surface area contributed by atoms with Gasteiger partial charge in [-0.3, -0.25) is 9.67 Å². The number of aromatic nitrogens is 3. The van der Waals surface area contributed by atoms with E-state index in [1.54, 1.807) is 7.11 Å². The fourth-order valence-electron chi connectivity index (χ4n) is 2.32. The van der Waals surface area contributed by atoms with Crippen LogP contribution in [0.25, 0.3) is 17.1 Å². The van der Waals surface area contributed by atoms with E-state index in [2.05, 4.69) is 10.2 Å². The van der Waals surface area contributed by atoms with E-state index in [0.717, 1.165) is 28.4 Å². The molecule has 0 fully saturated rings. The Morgan fingerprint density at radius 1 is 1.14 bits per heavy atom. The highest BCUT2D eigenvalue weighted by molar-refractivity contribution is 7.71. The zero-order valence-corrected chi connectivity index (χ0v) is 12.6. The molecule has 5 heteroatoms. The molecule has 0 aliphatic rings. The van der Waals surface area contributed by atoms with Crippen molar-refractivity contribution in [2.45, 2.75) is 6.92 Å². The molecule has 1 N–H and O–H groups in total. The van der Waals surface area contributed by atoms with Crippen LogP contribution < -0.4 is 4.74 Å². The maximum atomic E-state index is 5.37. The summed E-state index contributed by atoms with van der Waals surface area (Å²) in [5.74, 6) is 1.65. The average Bonchev–Trinajstić information content (AvgIpc) is 2.90. The molecule has 4 nitrogen and oxygen atoms in total. The summed E-state index contributed by atoms with van der Waals surface area (Å²) in [5.41, 5.74) is 3.03. The number of H-pyrrole nitrogens is 1. The molecule has 0 aliphatic carbocycles. The molecule has 0 unspecified atom stereocenters. The summed E-state index contributed by atoms with van der Waals surface area (Å²) in [5, 5.41) is 7.22. The molecule has 1 heterocycles. The molecule has 21 heavy (non-hydrogen) atoms. The predicted molar refractivity (Wildman–Crippen MR) is 85.5 cm³/mol. The summed E-state index contributed by atoms with van der Waals surface area (Å²) >= 11 is 5.37. The van der Waals surface area contributed by atoms with Gasteiger partial charge in [0.15, 0.2) is 10.6 Å². The Balaban J connectivity index is 2.17. The minimum Gasteiger partial charge on any atom is -0.496 e. The lowest BCUT2D eigenvalue weighted by Crippen LogP contribution is -1.99. The summed E-state index contributed by atoms with van der Waals surface area (Å²) in [6, 6.07) is 15.9. The van der Waals surface area contributed by atoms with Crippen molar-refractivity contribution in [2.75, 3.05) is 7.11 Å². The number of ether oxygens (including phenoxy) is 1. The van der Waals surface area contributed by atoms with Gasteiger partial charge in [0, 0.05) is 5.56 Å². The summed E-state index contributed by atoms with van der Waals surface area (Å²) < 4.78 is 7.80. The number of nitrogens with one attached hydrogen (secondary N) is 1. The second-order valence-electron chi connectivity index (χ2n) is 4.71. The molecule has 0 atom stereocenters. The van der Waals surface area contributed by atoms with Crippen LogP contribution in [0.2, 0.25) is 0 Å². The number of nitrogens with zero attached hydrogens (tertiary/aromatic N) is 2. The van der Waals surface area contributed by atoms with Gasteiger partial charge in [0.25, 0.3) is 0 Å². The molecule has 2 aromatic carbocycles. The Morgan fingerprint density at radius 3 is 2.57 bits per heavy atom. The second kappa shape index (κ2) is 5.54. The van der Waals surface area contributed by atoms with Crippen LogP contribution in [0.1, 0.15) is 5.56 Å². The first-order chi connectivity index (χ1) is 10.2. The monoisotopic (exact) mass is 297 g/mol. The Bertz CT molecular complexity index is 821. The molecule has 0 saturated carbocycles. The lowest BCUT2D eigenvalue weighted by atomic mass is 10.1. The highest BCUT2D eigenvalue weighted by atomic mass is 32.1. The van der Waals surface area contributed by atoms with Crippen molar-refractivity contribution in [3.8, 4) is 22.8 Å². The first kappa shape index (κ1) is 13.6. The van der Waals surface area contributed by atoms with Crippen LogP contribution in [0.15, 0.2) is 48.5 Å². The largest absolute Gasteiger partial charge is 0.496 e. The standard InChI is InChI=1S/C16H15N3OS/c1-11-10-13(8-9-14(11)20-2)19-15(17-18-16(19)21)12-6-4-3-5-7-12/h3-10H,1-2H3,(H,18,21). The van der Waals surface area contributed by atoms with E-state index in [1.165, 1.54) is 0 Å². The molecule has 3 rings (SSSR count). The zero-order valence-electron chi connectivity index (χ0n) is 11.8. The van der Waals surface area contributed by atoms with E-state index >= 15 is 0 Å². The summed E-state index contributed by atoms with van der Waals surface area (Å²) in [6.45, 7) is 2.01. The van der Waals surface area contributed by atoms with Gasteiger partial charge in [-0.15, -0.1) is 0 Å². The van der Waals surface area contributed by atoms with Crippen LogP contribution in [0, 0.1) is 11.7 Å². The molecule has 0 radical (unpaired) electrons. The van der Waals surface area contributed by atoms with Crippen LogP contribution >= 0.6 is 12.2 Å². The summed E-state index contributed by atoms with van der Waals surface area (Å²) in [7, 11) is 1.67. The van der Waals surface area contributed by atoms with Crippen molar-refractivity contribution in [2.24, 2.45) is 0 Å². The zero-order chi connectivity index (χ0) is 14.8. The van der Waals surface area contributed by atoms with Crippen LogP contribution in [-0.2, 0) is 0 Å². The van der Waals surface area contributed by atoms with E-state index in [-0.39, 0.29) is 0 Å². The number of benzene rings is 2. The topological polar surface area (TPSA) is 42.8 Å². The van der Waals surface area contributed by atoms with Crippen molar-refractivity contribution in [1.29, 1.82) is 0 Å². The third-order valence-corrected chi connectivity index (χ3v) is 3.61. The average molecular weight is 297 g/mol. The van der Waals surface area contributed by atoms with Gasteiger partial charge in [0.05, 0.1) is 12.8 Å². The van der Waals surface area contributed by atoms with Crippen molar-refractivity contribution < 1.29 is 4.74 Å². The van der Waals surface area contributed by atoms with Crippen LogP contribution in [0.5, 0.6) is 5.75 Å². The van der Waals surface area contributed by atoms with E-state index < -0.39 is 0 Å². The number of aryl methyl sites for hydroxylation is 1. The molecule has 0 aliphatic heterocycles. The van der Waals surface area contributed by atoms with E-state index in [1.807, 2.05) is 60.0 Å². The molecule has 0 spiro atoms. The number of hydrogen-bond acceptors (Lipinski definition) is 3. The Morgan fingerprint density at radius 2 is 1.90 bits per heavy atom. The summed E-state index contributed by atoms with van der Waals surface area (Å²) in [6.07, 6.45) is 0. The molecule has 0 bridgehead atoms. The fourth-order valence-corrected chi connectivity index (χ4v) is 2.56. The minimum absolute atomic E-state index is 0.568.